The molecule has 20 nitrogen and oxygen atoms in total. The molecule has 4 aliphatic rings. The highest BCUT2D eigenvalue weighted by molar-refractivity contribution is 5.95. The standard InChI is InChI=1S/C62H84N14O6.ClH/c1-41(63-3)57(77)65-49-27-13-11-25-47-33-35-53(75(47)61(49)81)59(79)67-55(45-21-7-5-8-22-45)51-39-73(71-69-51)37-17-15-19-43-29-31-44(32-30-43)20-16-18-38-74-40-52(70-72-74)56(46-23-9-6-10-24-46)68-60(80)54-36-34-48-26-12-14-28-50(62(82)76(48)54)66-58(78)42(2)64-4;/h5-10,21-24,29-32,39-42,47-50,53-56,63-64H,11-20,25-28,33-38H2,1-4H3,(H,65,77)(H,66,78)(H,67,79)(H,68,80);1H/t41?,42?,47-,48-,49-,50-,53-,54-,55-,56-;/m0./s1. The molecule has 4 fully saturated rings. The zero-order chi connectivity index (χ0) is 57.5. The van der Waals surface area contributed by atoms with E-state index in [0.717, 1.165) is 101 Å². The van der Waals surface area contributed by atoms with Gasteiger partial charge in [0.15, 0.2) is 0 Å². The first-order valence-corrected chi connectivity index (χ1v) is 30.1. The zero-order valence-corrected chi connectivity index (χ0v) is 49.4. The molecule has 5 aromatic rings. The molecule has 2 aromatic heterocycles. The Morgan fingerprint density at radius 1 is 0.518 bits per heavy atom. The summed E-state index contributed by atoms with van der Waals surface area (Å²) in [6, 6.07) is 23.5. The molecule has 0 aliphatic carbocycles. The SMILES string of the molecule is CNC(C)C(=O)N[C@H]1CCCC[C@H]2CC[C@@H](C(=O)N[C@@H](c3ccccc3)c3cn(CCCCc4ccc(CCCCn5cc([C@@H](NC(=O)[C@@H]6CC[C@@H]7CCCC[C@H](NC(=O)C(C)NC)C(=O)N76)c6ccccc6)nn5)cc4)nn3)N2C1=O.Cl. The predicted molar refractivity (Wildman–Crippen MR) is 318 cm³/mol. The minimum absolute atomic E-state index is 0. The van der Waals surface area contributed by atoms with Crippen molar-refractivity contribution in [2.75, 3.05) is 14.1 Å². The number of halogens is 1. The summed E-state index contributed by atoms with van der Waals surface area (Å²) in [6.45, 7) is 4.86. The Kier molecular flexibility index (Phi) is 22.4. The smallest absolute Gasteiger partial charge is 0.246 e. The van der Waals surface area contributed by atoms with Crippen molar-refractivity contribution in [2.45, 2.75) is 203 Å². The lowest BCUT2D eigenvalue weighted by Crippen LogP contribution is -2.58. The number of unbranched alkanes of at least 4 members (excludes halogenated alkanes) is 2. The predicted octanol–water partition coefficient (Wildman–Crippen LogP) is 5.80. The number of benzene rings is 3. The van der Waals surface area contributed by atoms with Crippen molar-refractivity contribution >= 4 is 47.9 Å². The van der Waals surface area contributed by atoms with E-state index in [0.29, 0.717) is 50.2 Å². The molecule has 4 saturated heterocycles. The molecule has 6 N–H and O–H groups in total. The topological polar surface area (TPSA) is 242 Å². The van der Waals surface area contributed by atoms with Gasteiger partial charge in [0.25, 0.3) is 0 Å². The number of amides is 6. The van der Waals surface area contributed by atoms with Crippen LogP contribution < -0.4 is 31.9 Å². The lowest BCUT2D eigenvalue weighted by molar-refractivity contribution is -0.144. The second kappa shape index (κ2) is 30.0. The van der Waals surface area contributed by atoms with Crippen molar-refractivity contribution in [1.82, 2.24) is 71.7 Å². The number of nitrogens with one attached hydrogen (secondary N) is 6. The maximum Gasteiger partial charge on any atom is 0.246 e. The van der Waals surface area contributed by atoms with Crippen LogP contribution in [0, 0.1) is 0 Å². The first-order chi connectivity index (χ1) is 39.9. The number of likely N-dealkylation sites (N-methyl/N-ethyl adjacent to an activating group) is 2. The second-order valence-electron chi connectivity index (χ2n) is 22.9. The van der Waals surface area contributed by atoms with Crippen molar-refractivity contribution in [1.29, 1.82) is 0 Å². The molecule has 10 atom stereocenters. The van der Waals surface area contributed by atoms with E-state index in [-0.39, 0.29) is 59.9 Å². The molecular weight excluding hydrogens is 1070 g/mol. The maximum atomic E-state index is 14.3. The van der Waals surface area contributed by atoms with Gasteiger partial charge in [-0.25, -0.2) is 0 Å². The molecule has 4 aliphatic heterocycles. The van der Waals surface area contributed by atoms with Crippen LogP contribution in [0.1, 0.15) is 162 Å². The minimum Gasteiger partial charge on any atom is -0.343 e. The number of rotatable bonds is 24. The van der Waals surface area contributed by atoms with E-state index in [1.165, 1.54) is 11.1 Å². The van der Waals surface area contributed by atoms with Gasteiger partial charge in [0.2, 0.25) is 35.4 Å². The van der Waals surface area contributed by atoms with Gasteiger partial charge in [0.05, 0.1) is 36.6 Å². The van der Waals surface area contributed by atoms with Crippen LogP contribution in [0.5, 0.6) is 0 Å². The Labute approximate surface area is 494 Å². The molecule has 0 bridgehead atoms. The maximum absolute atomic E-state index is 14.3. The van der Waals surface area contributed by atoms with Gasteiger partial charge in [-0.1, -0.05) is 121 Å². The number of carbonyl (C=O) groups excluding carboxylic acids is 6. The van der Waals surface area contributed by atoms with Gasteiger partial charge in [0, 0.05) is 25.2 Å². The highest BCUT2D eigenvalue weighted by Gasteiger charge is 2.46. The van der Waals surface area contributed by atoms with Crippen LogP contribution in [0.3, 0.4) is 0 Å². The van der Waals surface area contributed by atoms with E-state index in [9.17, 15) is 28.8 Å². The summed E-state index contributed by atoms with van der Waals surface area (Å²) in [5, 5.41) is 36.4. The molecule has 21 heteroatoms. The molecule has 3 aromatic carbocycles. The third-order valence-corrected chi connectivity index (χ3v) is 17.3. The van der Waals surface area contributed by atoms with Crippen LogP contribution in [-0.2, 0) is 54.7 Å². The van der Waals surface area contributed by atoms with E-state index in [1.807, 2.05) is 82.4 Å². The Bertz CT molecular complexity index is 2730. The number of carbonyl (C=O) groups is 6. The van der Waals surface area contributed by atoms with Crippen molar-refractivity contribution in [3.05, 3.63) is 131 Å². The van der Waals surface area contributed by atoms with E-state index in [1.54, 1.807) is 37.7 Å². The average Bonchev–Trinajstić information content (AvgIpc) is 4.43. The van der Waals surface area contributed by atoms with E-state index < -0.39 is 48.3 Å². The number of hydrogen-bond donors (Lipinski definition) is 6. The Hall–Kier alpha value is -7.03. The normalized spacial score (nSPS) is 22.3. The number of nitrogens with zero attached hydrogens (tertiary/aromatic N) is 8. The number of aromatic nitrogens is 6. The fraction of sp³-hybridized carbons (Fsp3) is 0.548. The van der Waals surface area contributed by atoms with Crippen molar-refractivity contribution in [3.63, 3.8) is 0 Å². The van der Waals surface area contributed by atoms with Gasteiger partial charge in [-0.3, -0.25) is 38.1 Å². The van der Waals surface area contributed by atoms with E-state index in [2.05, 4.69) is 76.8 Å². The fourth-order valence-electron chi connectivity index (χ4n) is 12.3. The highest BCUT2D eigenvalue weighted by Crippen LogP contribution is 2.34. The van der Waals surface area contributed by atoms with Crippen LogP contribution in [0.25, 0.3) is 0 Å². The van der Waals surface area contributed by atoms with Crippen molar-refractivity contribution in [3.8, 4) is 0 Å². The Morgan fingerprint density at radius 3 is 1.29 bits per heavy atom. The first-order valence-electron chi connectivity index (χ1n) is 30.1. The molecule has 0 spiro atoms. The minimum atomic E-state index is -0.676. The number of aryl methyl sites for hydroxylation is 4. The van der Waals surface area contributed by atoms with Crippen LogP contribution >= 0.6 is 12.4 Å². The highest BCUT2D eigenvalue weighted by atomic mass is 35.5. The quantitative estimate of drug-likeness (QED) is 0.0402. The Morgan fingerprint density at radius 2 is 0.904 bits per heavy atom. The van der Waals surface area contributed by atoms with E-state index in [4.69, 9.17) is 0 Å². The molecule has 6 heterocycles. The molecule has 9 rings (SSSR count). The summed E-state index contributed by atoms with van der Waals surface area (Å²) >= 11 is 0. The monoisotopic (exact) mass is 1160 g/mol. The van der Waals surface area contributed by atoms with Gasteiger partial charge in [-0.15, -0.1) is 22.6 Å². The van der Waals surface area contributed by atoms with Crippen LogP contribution in [0.2, 0.25) is 0 Å². The first kappa shape index (κ1) is 62.0. The van der Waals surface area contributed by atoms with Crippen molar-refractivity contribution in [2.24, 2.45) is 0 Å². The van der Waals surface area contributed by atoms with Gasteiger partial charge in [0.1, 0.15) is 35.6 Å². The zero-order valence-electron chi connectivity index (χ0n) is 48.6. The largest absolute Gasteiger partial charge is 0.343 e. The average molecular weight is 1160 g/mol. The van der Waals surface area contributed by atoms with Crippen LogP contribution in [0.4, 0.5) is 0 Å². The lowest BCUT2D eigenvalue weighted by atomic mass is 9.98. The summed E-state index contributed by atoms with van der Waals surface area (Å²) in [4.78, 5) is 86.0. The molecule has 6 amide bonds. The third kappa shape index (κ3) is 15.8. The number of fused-ring (bicyclic) bond motifs is 2. The van der Waals surface area contributed by atoms with E-state index >= 15 is 0 Å². The Balaban J connectivity index is 0.00000900. The van der Waals surface area contributed by atoms with Gasteiger partial charge in [-0.2, -0.15) is 0 Å². The fourth-order valence-corrected chi connectivity index (χ4v) is 12.3. The molecule has 83 heavy (non-hydrogen) atoms. The molecule has 446 valence electrons. The summed E-state index contributed by atoms with van der Waals surface area (Å²) in [5.41, 5.74) is 5.53. The third-order valence-electron chi connectivity index (χ3n) is 17.3. The summed E-state index contributed by atoms with van der Waals surface area (Å²) < 4.78 is 3.68. The van der Waals surface area contributed by atoms with Crippen LogP contribution in [0.15, 0.2) is 97.3 Å². The van der Waals surface area contributed by atoms with Gasteiger partial charge >= 0.3 is 0 Å². The summed E-state index contributed by atoms with van der Waals surface area (Å²) in [6.07, 6.45) is 18.2. The molecule has 0 radical (unpaired) electrons. The van der Waals surface area contributed by atoms with Gasteiger partial charge in [-0.05, 0) is 140 Å². The number of hydrogen-bond acceptors (Lipinski definition) is 12. The molecule has 2 unspecified atom stereocenters. The summed E-state index contributed by atoms with van der Waals surface area (Å²) in [5.74, 6) is -1.31. The lowest BCUT2D eigenvalue weighted by Gasteiger charge is -2.36. The van der Waals surface area contributed by atoms with Gasteiger partial charge < -0.3 is 41.7 Å². The second-order valence-corrected chi connectivity index (χ2v) is 22.9. The van der Waals surface area contributed by atoms with Crippen molar-refractivity contribution < 1.29 is 28.8 Å². The molecular formula is C62H85ClN14O6. The summed E-state index contributed by atoms with van der Waals surface area (Å²) in [7, 11) is 3.43. The van der Waals surface area contributed by atoms with Crippen LogP contribution in [-0.4, -0.2) is 138 Å². The molecule has 0 saturated carbocycles.